The quantitative estimate of drug-likeness (QED) is 0.873. The molecule has 1 aliphatic carbocycles. The molecule has 7 heteroatoms. The van der Waals surface area contributed by atoms with Gasteiger partial charge in [-0.25, -0.2) is 9.97 Å². The van der Waals surface area contributed by atoms with Gasteiger partial charge in [0.25, 0.3) is 0 Å². The van der Waals surface area contributed by atoms with E-state index in [0.29, 0.717) is 12.0 Å². The second-order valence-electron chi connectivity index (χ2n) is 7.21. The highest BCUT2D eigenvalue weighted by Crippen LogP contribution is 2.36. The van der Waals surface area contributed by atoms with Gasteiger partial charge in [-0.1, -0.05) is 6.07 Å². The molecular formula is C19H25N5OS. The highest BCUT2D eigenvalue weighted by Gasteiger charge is 2.32. The van der Waals surface area contributed by atoms with Crippen molar-refractivity contribution in [1.82, 2.24) is 20.2 Å². The molecule has 1 aliphatic heterocycles. The molecule has 0 unspecified atom stereocenters. The number of piperazine rings is 1. The van der Waals surface area contributed by atoms with Gasteiger partial charge in [-0.15, -0.1) is 11.3 Å². The van der Waals surface area contributed by atoms with E-state index in [-0.39, 0.29) is 5.91 Å². The summed E-state index contributed by atoms with van der Waals surface area (Å²) < 4.78 is 0. The monoisotopic (exact) mass is 371 g/mol. The SMILES string of the molecule is CC(=O)NC1CC(c2cc(N3CCN(Cc4cccs4)CC3)ncn2)C1. The highest BCUT2D eigenvalue weighted by molar-refractivity contribution is 7.09. The lowest BCUT2D eigenvalue weighted by atomic mass is 9.78. The maximum atomic E-state index is 11.1. The van der Waals surface area contributed by atoms with Crippen molar-refractivity contribution < 1.29 is 4.79 Å². The third kappa shape index (κ3) is 4.04. The van der Waals surface area contributed by atoms with E-state index < -0.39 is 0 Å². The molecule has 138 valence electrons. The van der Waals surface area contributed by atoms with E-state index in [1.807, 2.05) is 11.3 Å². The van der Waals surface area contributed by atoms with Crippen LogP contribution in [0.1, 0.15) is 36.3 Å². The van der Waals surface area contributed by atoms with Crippen LogP contribution in [0.15, 0.2) is 29.9 Å². The van der Waals surface area contributed by atoms with Crippen LogP contribution in [0.5, 0.6) is 0 Å². The van der Waals surface area contributed by atoms with Crippen LogP contribution >= 0.6 is 11.3 Å². The third-order valence-electron chi connectivity index (χ3n) is 5.29. The zero-order valence-corrected chi connectivity index (χ0v) is 15.9. The lowest BCUT2D eigenvalue weighted by molar-refractivity contribution is -0.120. The van der Waals surface area contributed by atoms with E-state index in [1.165, 1.54) is 4.88 Å². The van der Waals surface area contributed by atoms with Crippen LogP contribution in [0.2, 0.25) is 0 Å². The lowest BCUT2D eigenvalue weighted by Crippen LogP contribution is -2.46. The Morgan fingerprint density at radius 2 is 2.08 bits per heavy atom. The summed E-state index contributed by atoms with van der Waals surface area (Å²) in [5.74, 6) is 1.53. The molecule has 0 radical (unpaired) electrons. The fraction of sp³-hybridized carbons (Fsp3) is 0.526. The number of hydrogen-bond donors (Lipinski definition) is 1. The van der Waals surface area contributed by atoms with Crippen LogP contribution in [0, 0.1) is 0 Å². The molecule has 1 N–H and O–H groups in total. The molecule has 0 atom stereocenters. The first-order valence-electron chi connectivity index (χ1n) is 9.26. The van der Waals surface area contributed by atoms with E-state index in [4.69, 9.17) is 0 Å². The van der Waals surface area contributed by atoms with Gasteiger partial charge in [0.15, 0.2) is 0 Å². The summed E-state index contributed by atoms with van der Waals surface area (Å²) >= 11 is 1.83. The van der Waals surface area contributed by atoms with Gasteiger partial charge >= 0.3 is 0 Å². The standard InChI is InChI=1S/C19H25N5OS/c1-14(25)22-16-9-15(10-16)18-11-19(21-13-20-18)24-6-4-23(5-7-24)12-17-3-2-8-26-17/h2-3,8,11,13,15-16H,4-7,9-10,12H2,1H3,(H,22,25). The number of amides is 1. The van der Waals surface area contributed by atoms with Crippen LogP contribution < -0.4 is 10.2 Å². The minimum atomic E-state index is 0.0530. The Balaban J connectivity index is 1.31. The van der Waals surface area contributed by atoms with Crippen molar-refractivity contribution in [2.24, 2.45) is 0 Å². The van der Waals surface area contributed by atoms with Gasteiger partial charge < -0.3 is 10.2 Å². The van der Waals surface area contributed by atoms with Crippen molar-refractivity contribution in [1.29, 1.82) is 0 Å². The topological polar surface area (TPSA) is 61.4 Å². The van der Waals surface area contributed by atoms with Gasteiger partial charge in [0.1, 0.15) is 12.1 Å². The largest absolute Gasteiger partial charge is 0.354 e. The number of anilines is 1. The number of carbonyl (C=O) groups excluding carboxylic acids is 1. The molecule has 6 nitrogen and oxygen atoms in total. The van der Waals surface area contributed by atoms with Crippen LogP contribution in [-0.4, -0.2) is 53.0 Å². The van der Waals surface area contributed by atoms with E-state index in [9.17, 15) is 4.79 Å². The maximum Gasteiger partial charge on any atom is 0.217 e. The summed E-state index contributed by atoms with van der Waals surface area (Å²) in [7, 11) is 0. The molecule has 1 saturated carbocycles. The Morgan fingerprint density at radius 3 is 2.77 bits per heavy atom. The third-order valence-corrected chi connectivity index (χ3v) is 6.15. The van der Waals surface area contributed by atoms with Gasteiger partial charge in [-0.05, 0) is 24.3 Å². The van der Waals surface area contributed by atoms with Gasteiger partial charge in [0.05, 0.1) is 0 Å². The first-order chi connectivity index (χ1) is 12.7. The predicted molar refractivity (Wildman–Crippen MR) is 103 cm³/mol. The van der Waals surface area contributed by atoms with Gasteiger partial charge in [-0.2, -0.15) is 0 Å². The highest BCUT2D eigenvalue weighted by atomic mass is 32.1. The summed E-state index contributed by atoms with van der Waals surface area (Å²) in [6.07, 6.45) is 3.64. The van der Waals surface area contributed by atoms with E-state index >= 15 is 0 Å². The fourth-order valence-corrected chi connectivity index (χ4v) is 4.53. The Hall–Kier alpha value is -1.99. The number of hydrogen-bond acceptors (Lipinski definition) is 6. The van der Waals surface area contributed by atoms with E-state index in [1.54, 1.807) is 13.3 Å². The summed E-state index contributed by atoms with van der Waals surface area (Å²) in [5.41, 5.74) is 1.11. The van der Waals surface area contributed by atoms with Gasteiger partial charge in [-0.3, -0.25) is 9.69 Å². The summed E-state index contributed by atoms with van der Waals surface area (Å²) in [5, 5.41) is 5.13. The molecule has 2 aliphatic rings. The van der Waals surface area contributed by atoms with Crippen molar-refractivity contribution in [3.63, 3.8) is 0 Å². The number of carbonyl (C=O) groups is 1. The van der Waals surface area contributed by atoms with Crippen molar-refractivity contribution >= 4 is 23.1 Å². The molecule has 0 spiro atoms. The normalized spacial score (nSPS) is 23.5. The van der Waals surface area contributed by atoms with Gasteiger partial charge in [0.2, 0.25) is 5.91 Å². The Bertz CT molecular complexity index is 736. The average Bonchev–Trinajstić information content (AvgIpc) is 3.11. The summed E-state index contributed by atoms with van der Waals surface area (Å²) in [4.78, 5) is 26.4. The molecule has 26 heavy (non-hydrogen) atoms. The molecule has 1 amide bonds. The molecule has 2 aromatic heterocycles. The second kappa shape index (κ2) is 7.72. The van der Waals surface area contributed by atoms with Crippen molar-refractivity contribution in [2.75, 3.05) is 31.1 Å². The number of nitrogens with one attached hydrogen (secondary N) is 1. The number of aromatic nitrogens is 2. The van der Waals surface area contributed by atoms with Crippen LogP contribution in [0.25, 0.3) is 0 Å². The zero-order chi connectivity index (χ0) is 17.9. The van der Waals surface area contributed by atoms with Crippen molar-refractivity contribution in [3.05, 3.63) is 40.5 Å². The maximum absolute atomic E-state index is 11.1. The minimum Gasteiger partial charge on any atom is -0.354 e. The first-order valence-corrected chi connectivity index (χ1v) is 10.1. The molecule has 3 heterocycles. The van der Waals surface area contributed by atoms with Crippen LogP contribution in [0.3, 0.4) is 0 Å². The van der Waals surface area contributed by atoms with Crippen molar-refractivity contribution in [2.45, 2.75) is 38.3 Å². The summed E-state index contributed by atoms with van der Waals surface area (Å²) in [6, 6.07) is 6.77. The molecule has 0 bridgehead atoms. The predicted octanol–water partition coefficient (Wildman–Crippen LogP) is 2.24. The number of rotatable bonds is 5. The van der Waals surface area contributed by atoms with Crippen LogP contribution in [0.4, 0.5) is 5.82 Å². The molecule has 1 saturated heterocycles. The van der Waals surface area contributed by atoms with E-state index in [0.717, 1.165) is 57.1 Å². The fourth-order valence-electron chi connectivity index (χ4n) is 3.78. The molecule has 2 fully saturated rings. The Morgan fingerprint density at radius 1 is 1.27 bits per heavy atom. The average molecular weight is 372 g/mol. The molecule has 0 aromatic carbocycles. The molecular weight excluding hydrogens is 346 g/mol. The smallest absolute Gasteiger partial charge is 0.217 e. The Labute approximate surface area is 158 Å². The Kier molecular flexibility index (Phi) is 5.17. The lowest BCUT2D eigenvalue weighted by Gasteiger charge is -2.37. The van der Waals surface area contributed by atoms with Crippen LogP contribution in [-0.2, 0) is 11.3 Å². The first kappa shape index (κ1) is 17.4. The second-order valence-corrected chi connectivity index (χ2v) is 8.24. The minimum absolute atomic E-state index is 0.0530. The van der Waals surface area contributed by atoms with Crippen molar-refractivity contribution in [3.8, 4) is 0 Å². The molecule has 4 rings (SSSR count). The molecule has 2 aromatic rings. The van der Waals surface area contributed by atoms with E-state index in [2.05, 4.69) is 48.7 Å². The van der Waals surface area contributed by atoms with Gasteiger partial charge in [0, 0.05) is 68.2 Å². The summed E-state index contributed by atoms with van der Waals surface area (Å²) in [6.45, 7) is 6.75. The number of nitrogens with zero attached hydrogens (tertiary/aromatic N) is 4. The zero-order valence-electron chi connectivity index (χ0n) is 15.1. The number of thiophene rings is 1.